The van der Waals surface area contributed by atoms with Crippen LogP contribution in [0.4, 0.5) is 24.7 Å². The minimum Gasteiger partial charge on any atom is -0.393 e. The Kier molecular flexibility index (Phi) is 5.96. The van der Waals surface area contributed by atoms with Crippen molar-refractivity contribution in [3.8, 4) is 11.3 Å². The summed E-state index contributed by atoms with van der Waals surface area (Å²) in [5.41, 5.74) is 1.68. The third-order valence-electron chi connectivity index (χ3n) is 4.77. The smallest absolute Gasteiger partial charge is 0.393 e. The molecule has 3 aromatic heterocycles. The lowest BCUT2D eigenvalue weighted by atomic mass is 10.1. The third-order valence-corrected chi connectivity index (χ3v) is 5.06. The molecule has 3 heterocycles. The number of aromatic nitrogens is 3. The van der Waals surface area contributed by atoms with Gasteiger partial charge < -0.3 is 15.5 Å². The second-order valence-electron chi connectivity index (χ2n) is 6.95. The number of aliphatic hydroxyl groups excluding tert-OH is 2. The minimum atomic E-state index is -4.40. The highest BCUT2D eigenvalue weighted by molar-refractivity contribution is 6.33. The Labute approximate surface area is 185 Å². The van der Waals surface area contributed by atoms with Gasteiger partial charge >= 0.3 is 6.18 Å². The fourth-order valence-corrected chi connectivity index (χ4v) is 3.40. The summed E-state index contributed by atoms with van der Waals surface area (Å²) in [6, 6.07) is 9.70. The van der Waals surface area contributed by atoms with Gasteiger partial charge in [0.05, 0.1) is 22.9 Å². The molecule has 0 aliphatic heterocycles. The molecule has 4 rings (SSSR count). The van der Waals surface area contributed by atoms with Gasteiger partial charge in [-0.15, -0.1) is 0 Å². The van der Waals surface area contributed by atoms with E-state index in [1.165, 1.54) is 24.4 Å². The van der Waals surface area contributed by atoms with Crippen molar-refractivity contribution in [2.75, 3.05) is 11.9 Å². The molecule has 0 saturated carbocycles. The van der Waals surface area contributed by atoms with Crippen molar-refractivity contribution in [3.05, 3.63) is 77.2 Å². The first-order chi connectivity index (χ1) is 15.3. The SMILES string of the molecule is OCC(O)c1cnc(-c2cnc3c(Nc4ccc(C(F)(F)F)cc4)nccc3c2)c(Cl)c1. The van der Waals surface area contributed by atoms with E-state index in [1.54, 1.807) is 24.5 Å². The van der Waals surface area contributed by atoms with Crippen molar-refractivity contribution in [2.24, 2.45) is 0 Å². The summed E-state index contributed by atoms with van der Waals surface area (Å²) in [5, 5.41) is 22.8. The molecule has 32 heavy (non-hydrogen) atoms. The van der Waals surface area contributed by atoms with Gasteiger partial charge in [-0.25, -0.2) is 4.98 Å². The monoisotopic (exact) mass is 460 g/mol. The zero-order chi connectivity index (χ0) is 22.9. The maximum absolute atomic E-state index is 12.8. The predicted octanol–water partition coefficient (Wildman–Crippen LogP) is 5.13. The lowest BCUT2D eigenvalue weighted by Crippen LogP contribution is -2.04. The quantitative estimate of drug-likeness (QED) is 0.382. The molecule has 6 nitrogen and oxygen atoms in total. The zero-order valence-corrected chi connectivity index (χ0v) is 17.1. The number of hydrogen-bond acceptors (Lipinski definition) is 6. The van der Waals surface area contributed by atoms with Crippen LogP contribution in [0.2, 0.25) is 5.02 Å². The van der Waals surface area contributed by atoms with Gasteiger partial charge in [0.25, 0.3) is 0 Å². The van der Waals surface area contributed by atoms with Crippen LogP contribution in [0.1, 0.15) is 17.2 Å². The Balaban J connectivity index is 1.64. The van der Waals surface area contributed by atoms with E-state index in [9.17, 15) is 18.3 Å². The van der Waals surface area contributed by atoms with E-state index in [1.807, 2.05) is 0 Å². The number of rotatable bonds is 5. The number of pyridine rings is 3. The highest BCUT2D eigenvalue weighted by Gasteiger charge is 2.30. The Morgan fingerprint density at radius 3 is 2.41 bits per heavy atom. The number of benzene rings is 1. The summed E-state index contributed by atoms with van der Waals surface area (Å²) in [5.74, 6) is 0.384. The third kappa shape index (κ3) is 4.50. The number of halogens is 4. The summed E-state index contributed by atoms with van der Waals surface area (Å²) in [6.07, 6.45) is -0.948. The van der Waals surface area contributed by atoms with Crippen LogP contribution in [0, 0.1) is 0 Å². The van der Waals surface area contributed by atoms with Gasteiger partial charge in [0.1, 0.15) is 11.6 Å². The average Bonchev–Trinajstić information content (AvgIpc) is 2.78. The van der Waals surface area contributed by atoms with Gasteiger partial charge in [-0.3, -0.25) is 9.97 Å². The molecule has 0 amide bonds. The van der Waals surface area contributed by atoms with E-state index in [4.69, 9.17) is 16.7 Å². The van der Waals surface area contributed by atoms with Crippen molar-refractivity contribution >= 4 is 34.0 Å². The van der Waals surface area contributed by atoms with E-state index in [2.05, 4.69) is 20.3 Å². The fourth-order valence-electron chi connectivity index (χ4n) is 3.11. The number of hydrogen-bond donors (Lipinski definition) is 3. The number of fused-ring (bicyclic) bond motifs is 1. The second-order valence-corrected chi connectivity index (χ2v) is 7.36. The Morgan fingerprint density at radius 2 is 1.75 bits per heavy atom. The normalized spacial score (nSPS) is 12.7. The summed E-state index contributed by atoms with van der Waals surface area (Å²) >= 11 is 6.31. The van der Waals surface area contributed by atoms with Crippen LogP contribution < -0.4 is 5.32 Å². The van der Waals surface area contributed by atoms with Gasteiger partial charge in [-0.05, 0) is 42.5 Å². The molecule has 4 aromatic rings. The Hall–Kier alpha value is -3.27. The summed E-state index contributed by atoms with van der Waals surface area (Å²) < 4.78 is 38.3. The molecule has 1 unspecified atom stereocenters. The van der Waals surface area contributed by atoms with E-state index in [-0.39, 0.29) is 5.02 Å². The van der Waals surface area contributed by atoms with Gasteiger partial charge in [-0.1, -0.05) is 11.6 Å². The average molecular weight is 461 g/mol. The summed E-state index contributed by atoms with van der Waals surface area (Å²) in [7, 11) is 0. The van der Waals surface area contributed by atoms with Crippen molar-refractivity contribution in [1.29, 1.82) is 0 Å². The van der Waals surface area contributed by atoms with E-state index >= 15 is 0 Å². The standard InChI is InChI=1S/C22H16ClF3N4O2/c23-17-8-13(18(32)11-31)9-28-19(17)14-7-12-5-6-27-21(20(12)29-10-14)30-16-3-1-15(2-4-16)22(24,25)26/h1-10,18,31-32H,11H2,(H,27,30). The van der Waals surface area contributed by atoms with Crippen molar-refractivity contribution in [3.63, 3.8) is 0 Å². The van der Waals surface area contributed by atoms with Crippen molar-refractivity contribution in [1.82, 2.24) is 15.0 Å². The molecule has 1 aromatic carbocycles. The molecule has 0 aliphatic carbocycles. The molecule has 0 saturated heterocycles. The first-order valence-electron chi connectivity index (χ1n) is 9.40. The second kappa shape index (κ2) is 8.70. The number of aliphatic hydroxyl groups is 2. The first kappa shape index (κ1) is 21.9. The molecule has 1 atom stereocenters. The fraction of sp³-hybridized carbons (Fsp3) is 0.136. The summed E-state index contributed by atoms with van der Waals surface area (Å²) in [4.78, 5) is 13.0. The van der Waals surface area contributed by atoms with E-state index in [0.717, 1.165) is 12.1 Å². The molecule has 0 fully saturated rings. The maximum atomic E-state index is 12.8. The van der Waals surface area contributed by atoms with Gasteiger partial charge in [0.15, 0.2) is 5.82 Å². The zero-order valence-electron chi connectivity index (χ0n) is 16.3. The Bertz CT molecular complexity index is 1270. The molecule has 3 N–H and O–H groups in total. The molecule has 0 aliphatic rings. The maximum Gasteiger partial charge on any atom is 0.416 e. The summed E-state index contributed by atoms with van der Waals surface area (Å²) in [6.45, 7) is -0.448. The first-order valence-corrected chi connectivity index (χ1v) is 9.78. The molecular weight excluding hydrogens is 445 g/mol. The van der Waals surface area contributed by atoms with Gasteiger partial charge in [0, 0.05) is 40.8 Å². The minimum absolute atomic E-state index is 0.285. The van der Waals surface area contributed by atoms with E-state index in [0.29, 0.717) is 39.2 Å². The number of anilines is 2. The molecule has 10 heteroatoms. The number of nitrogens with one attached hydrogen (secondary N) is 1. The van der Waals surface area contributed by atoms with Crippen LogP contribution in [0.25, 0.3) is 22.2 Å². The molecule has 164 valence electrons. The molecule has 0 radical (unpaired) electrons. The van der Waals surface area contributed by atoms with Crippen LogP contribution in [0.15, 0.2) is 61.1 Å². The lowest BCUT2D eigenvalue weighted by molar-refractivity contribution is -0.137. The van der Waals surface area contributed by atoms with Crippen molar-refractivity contribution < 1.29 is 23.4 Å². The van der Waals surface area contributed by atoms with Gasteiger partial charge in [0.2, 0.25) is 0 Å². The predicted molar refractivity (Wildman–Crippen MR) is 115 cm³/mol. The van der Waals surface area contributed by atoms with Crippen LogP contribution in [0.5, 0.6) is 0 Å². The van der Waals surface area contributed by atoms with Crippen LogP contribution in [-0.2, 0) is 6.18 Å². The van der Waals surface area contributed by atoms with Gasteiger partial charge in [-0.2, -0.15) is 13.2 Å². The molecule has 0 bridgehead atoms. The topological polar surface area (TPSA) is 91.2 Å². The lowest BCUT2D eigenvalue weighted by Gasteiger charge is -2.12. The largest absolute Gasteiger partial charge is 0.416 e. The van der Waals surface area contributed by atoms with Crippen LogP contribution in [-0.4, -0.2) is 31.8 Å². The molecular formula is C22H16ClF3N4O2. The molecule has 0 spiro atoms. The van der Waals surface area contributed by atoms with Crippen LogP contribution in [0.3, 0.4) is 0 Å². The van der Waals surface area contributed by atoms with Crippen molar-refractivity contribution in [2.45, 2.75) is 12.3 Å². The van der Waals surface area contributed by atoms with E-state index < -0.39 is 24.5 Å². The van der Waals surface area contributed by atoms with Crippen LogP contribution >= 0.6 is 11.6 Å². The number of alkyl halides is 3. The number of nitrogens with zero attached hydrogens (tertiary/aromatic N) is 3. The highest BCUT2D eigenvalue weighted by Crippen LogP contribution is 2.32. The highest BCUT2D eigenvalue weighted by atomic mass is 35.5. The Morgan fingerprint density at radius 1 is 1.00 bits per heavy atom.